The smallest absolute Gasteiger partial charge is 0.408 e. The van der Waals surface area contributed by atoms with Crippen molar-refractivity contribution in [1.29, 1.82) is 0 Å². The standard InChI is InChI=1S/C30H43N3O5/c1-20(2)26(25(34)17-21(3)27(35)31-19-23-15-11-8-12-16-23)33-28(36)24(18-22-13-9-7-10-14-22)32-29(37)38-30(4,5)6/h7-16,20-21,24-26,34H,17-19H2,1-6H3,(H,31,35)(H,32,37)(H,33,36)/t21-,24+,25+,26+/m1/s1. The van der Waals surface area contributed by atoms with E-state index in [0.29, 0.717) is 6.54 Å². The molecule has 2 rings (SSSR count). The highest BCUT2D eigenvalue weighted by atomic mass is 16.6. The molecule has 208 valence electrons. The lowest BCUT2D eigenvalue weighted by molar-refractivity contribution is -0.126. The average Bonchev–Trinajstić information content (AvgIpc) is 2.85. The zero-order chi connectivity index (χ0) is 28.3. The van der Waals surface area contributed by atoms with Gasteiger partial charge in [0.25, 0.3) is 0 Å². The molecule has 0 aliphatic heterocycles. The van der Waals surface area contributed by atoms with E-state index in [1.165, 1.54) is 0 Å². The quantitative estimate of drug-likeness (QED) is 0.335. The van der Waals surface area contributed by atoms with E-state index in [2.05, 4.69) is 16.0 Å². The lowest BCUT2D eigenvalue weighted by atomic mass is 9.91. The molecule has 0 fully saturated rings. The summed E-state index contributed by atoms with van der Waals surface area (Å²) in [5.74, 6) is -1.19. The Morgan fingerprint density at radius 3 is 1.92 bits per heavy atom. The van der Waals surface area contributed by atoms with Gasteiger partial charge in [0.05, 0.1) is 12.1 Å². The summed E-state index contributed by atoms with van der Waals surface area (Å²) in [6.45, 7) is 11.2. The van der Waals surface area contributed by atoms with E-state index in [9.17, 15) is 19.5 Å². The van der Waals surface area contributed by atoms with E-state index in [-0.39, 0.29) is 24.7 Å². The van der Waals surface area contributed by atoms with Crippen LogP contribution in [0.15, 0.2) is 60.7 Å². The Balaban J connectivity index is 2.05. The topological polar surface area (TPSA) is 117 Å². The molecule has 0 aliphatic carbocycles. The second kappa shape index (κ2) is 14.5. The molecule has 0 bridgehead atoms. The number of alkyl carbamates (subject to hydrolysis) is 1. The number of nitrogens with one attached hydrogen (secondary N) is 3. The highest BCUT2D eigenvalue weighted by molar-refractivity contribution is 5.86. The van der Waals surface area contributed by atoms with Gasteiger partial charge in [-0.2, -0.15) is 0 Å². The van der Waals surface area contributed by atoms with E-state index < -0.39 is 41.7 Å². The van der Waals surface area contributed by atoms with Gasteiger partial charge in [-0.25, -0.2) is 4.79 Å². The molecule has 0 unspecified atom stereocenters. The molecule has 0 aliphatic rings. The van der Waals surface area contributed by atoms with Gasteiger partial charge >= 0.3 is 6.09 Å². The number of benzene rings is 2. The van der Waals surface area contributed by atoms with Crippen LogP contribution in [0.25, 0.3) is 0 Å². The predicted molar refractivity (Wildman–Crippen MR) is 148 cm³/mol. The van der Waals surface area contributed by atoms with Crippen molar-refractivity contribution < 1.29 is 24.2 Å². The zero-order valence-corrected chi connectivity index (χ0v) is 23.4. The van der Waals surface area contributed by atoms with Crippen molar-refractivity contribution in [3.05, 3.63) is 71.8 Å². The molecule has 4 atom stereocenters. The van der Waals surface area contributed by atoms with Gasteiger partial charge in [0.1, 0.15) is 11.6 Å². The second-order valence-electron chi connectivity index (χ2n) is 11.1. The summed E-state index contributed by atoms with van der Waals surface area (Å²) in [7, 11) is 0. The molecule has 4 N–H and O–H groups in total. The number of aliphatic hydroxyl groups excluding tert-OH is 1. The highest BCUT2D eigenvalue weighted by Gasteiger charge is 2.31. The first-order chi connectivity index (χ1) is 17.9. The van der Waals surface area contributed by atoms with Crippen LogP contribution in [0.2, 0.25) is 0 Å². The maximum Gasteiger partial charge on any atom is 0.408 e. The average molecular weight is 526 g/mol. The molecule has 0 heterocycles. The van der Waals surface area contributed by atoms with Gasteiger partial charge < -0.3 is 25.8 Å². The SMILES string of the molecule is CC(C)[C@H](NC(=O)[C@H](Cc1ccccc1)NC(=O)OC(C)(C)C)[C@@H](O)C[C@@H](C)C(=O)NCc1ccccc1. The molecule has 0 spiro atoms. The Labute approximate surface area is 226 Å². The summed E-state index contributed by atoms with van der Waals surface area (Å²) >= 11 is 0. The van der Waals surface area contributed by atoms with Crippen LogP contribution in [0.4, 0.5) is 4.79 Å². The number of rotatable bonds is 12. The van der Waals surface area contributed by atoms with E-state index in [0.717, 1.165) is 11.1 Å². The lowest BCUT2D eigenvalue weighted by Gasteiger charge is -2.31. The normalized spacial score (nSPS) is 14.6. The van der Waals surface area contributed by atoms with Crippen LogP contribution in [0, 0.1) is 11.8 Å². The van der Waals surface area contributed by atoms with Crippen molar-refractivity contribution in [3.63, 3.8) is 0 Å². The summed E-state index contributed by atoms with van der Waals surface area (Å²) in [5.41, 5.74) is 1.14. The van der Waals surface area contributed by atoms with E-state index in [4.69, 9.17) is 4.74 Å². The summed E-state index contributed by atoms with van der Waals surface area (Å²) in [4.78, 5) is 38.5. The van der Waals surface area contributed by atoms with Crippen LogP contribution < -0.4 is 16.0 Å². The molecule has 8 nitrogen and oxygen atoms in total. The third-order valence-electron chi connectivity index (χ3n) is 6.08. The predicted octanol–water partition coefficient (Wildman–Crippen LogP) is 3.97. The fourth-order valence-electron chi connectivity index (χ4n) is 4.06. The minimum absolute atomic E-state index is 0.118. The van der Waals surface area contributed by atoms with Crippen molar-refractivity contribution in [2.24, 2.45) is 11.8 Å². The number of hydrogen-bond donors (Lipinski definition) is 4. The first-order valence-corrected chi connectivity index (χ1v) is 13.2. The number of carbonyl (C=O) groups excluding carboxylic acids is 3. The second-order valence-corrected chi connectivity index (χ2v) is 11.1. The zero-order valence-electron chi connectivity index (χ0n) is 23.4. The molecule has 0 saturated carbocycles. The molecule has 8 heteroatoms. The third-order valence-corrected chi connectivity index (χ3v) is 6.08. The molecule has 3 amide bonds. The third kappa shape index (κ3) is 10.9. The maximum absolute atomic E-state index is 13.4. The van der Waals surface area contributed by atoms with Crippen LogP contribution in [-0.4, -0.2) is 46.8 Å². The Hall–Kier alpha value is -3.39. The van der Waals surface area contributed by atoms with E-state index in [1.54, 1.807) is 27.7 Å². The molecule has 0 aromatic heterocycles. The van der Waals surface area contributed by atoms with Crippen LogP contribution in [0.1, 0.15) is 59.1 Å². The molecule has 38 heavy (non-hydrogen) atoms. The fourth-order valence-corrected chi connectivity index (χ4v) is 4.06. The molecule has 2 aromatic rings. The van der Waals surface area contributed by atoms with Crippen LogP contribution >= 0.6 is 0 Å². The molecule has 0 saturated heterocycles. The molecular formula is C30H43N3O5. The van der Waals surface area contributed by atoms with Gasteiger partial charge in [-0.05, 0) is 44.2 Å². The Bertz CT molecular complexity index is 1020. The van der Waals surface area contributed by atoms with Crippen molar-refractivity contribution in [1.82, 2.24) is 16.0 Å². The van der Waals surface area contributed by atoms with Gasteiger partial charge in [0.2, 0.25) is 11.8 Å². The number of carbonyl (C=O) groups is 3. The van der Waals surface area contributed by atoms with Crippen LogP contribution in [0.5, 0.6) is 0 Å². The van der Waals surface area contributed by atoms with E-state index >= 15 is 0 Å². The highest BCUT2D eigenvalue weighted by Crippen LogP contribution is 2.17. The maximum atomic E-state index is 13.4. The largest absolute Gasteiger partial charge is 0.444 e. The monoisotopic (exact) mass is 525 g/mol. The van der Waals surface area contributed by atoms with Crippen molar-refractivity contribution in [2.45, 2.75) is 84.7 Å². The van der Waals surface area contributed by atoms with Gasteiger partial charge in [-0.15, -0.1) is 0 Å². The van der Waals surface area contributed by atoms with Crippen molar-refractivity contribution >= 4 is 17.9 Å². The Morgan fingerprint density at radius 2 is 1.39 bits per heavy atom. The summed E-state index contributed by atoms with van der Waals surface area (Å²) in [6.07, 6.45) is -1.23. The van der Waals surface area contributed by atoms with Gasteiger partial charge in [-0.1, -0.05) is 81.4 Å². The van der Waals surface area contributed by atoms with Gasteiger partial charge in [-0.3, -0.25) is 9.59 Å². The van der Waals surface area contributed by atoms with Crippen molar-refractivity contribution in [2.75, 3.05) is 0 Å². The first-order valence-electron chi connectivity index (χ1n) is 13.2. The first kappa shape index (κ1) is 30.8. The van der Waals surface area contributed by atoms with Crippen LogP contribution in [-0.2, 0) is 27.3 Å². The molecule has 2 aromatic carbocycles. The molecular weight excluding hydrogens is 482 g/mol. The molecule has 0 radical (unpaired) electrons. The van der Waals surface area contributed by atoms with Gasteiger partial charge in [0, 0.05) is 18.9 Å². The van der Waals surface area contributed by atoms with Crippen LogP contribution in [0.3, 0.4) is 0 Å². The number of amides is 3. The van der Waals surface area contributed by atoms with Gasteiger partial charge in [0.15, 0.2) is 0 Å². The van der Waals surface area contributed by atoms with E-state index in [1.807, 2.05) is 74.5 Å². The minimum Gasteiger partial charge on any atom is -0.444 e. The summed E-state index contributed by atoms with van der Waals surface area (Å²) in [5, 5.41) is 19.5. The Kier molecular flexibility index (Phi) is 11.8. The van der Waals surface area contributed by atoms with Crippen molar-refractivity contribution in [3.8, 4) is 0 Å². The number of aliphatic hydroxyl groups is 1. The lowest BCUT2D eigenvalue weighted by Crippen LogP contribution is -2.55. The number of ether oxygens (including phenoxy) is 1. The minimum atomic E-state index is -0.963. The fraction of sp³-hybridized carbons (Fsp3) is 0.500. The number of hydrogen-bond acceptors (Lipinski definition) is 5. The summed E-state index contributed by atoms with van der Waals surface area (Å²) in [6, 6.07) is 17.4. The summed E-state index contributed by atoms with van der Waals surface area (Å²) < 4.78 is 5.37. The Morgan fingerprint density at radius 1 is 0.842 bits per heavy atom.